The molecule has 0 N–H and O–H groups in total. The van der Waals surface area contributed by atoms with Crippen LogP contribution >= 0.6 is 0 Å². The number of hydrogen-bond acceptors (Lipinski definition) is 5. The van der Waals surface area contributed by atoms with Crippen molar-refractivity contribution >= 4 is 17.9 Å². The van der Waals surface area contributed by atoms with Gasteiger partial charge in [0.1, 0.15) is 5.60 Å². The minimum absolute atomic E-state index is 0.00108. The van der Waals surface area contributed by atoms with Gasteiger partial charge in [-0.25, -0.2) is 4.79 Å². The number of carbonyl (C=O) groups excluding carboxylic acids is 3. The van der Waals surface area contributed by atoms with Crippen LogP contribution in [0.1, 0.15) is 25.0 Å². The molecule has 0 unspecified atom stereocenters. The topological polar surface area (TPSA) is 83.1 Å². The molecule has 144 valence electrons. The van der Waals surface area contributed by atoms with Gasteiger partial charge in [-0.05, 0) is 12.1 Å². The van der Waals surface area contributed by atoms with Crippen molar-refractivity contribution in [3.05, 3.63) is 30.1 Å². The Bertz CT molecular complexity index is 745. The van der Waals surface area contributed by atoms with Crippen LogP contribution in [0, 0.1) is 5.92 Å². The Morgan fingerprint density at radius 1 is 1.30 bits per heavy atom. The number of rotatable bonds is 3. The Hall–Kier alpha value is -2.64. The van der Waals surface area contributed by atoms with E-state index in [0.29, 0.717) is 45.6 Å². The van der Waals surface area contributed by atoms with Crippen LogP contribution in [0.4, 0.5) is 4.79 Å². The first-order valence-electron chi connectivity index (χ1n) is 9.36. The molecule has 1 spiro atoms. The van der Waals surface area contributed by atoms with Gasteiger partial charge in [0.2, 0.25) is 11.8 Å². The van der Waals surface area contributed by atoms with E-state index in [4.69, 9.17) is 4.74 Å². The van der Waals surface area contributed by atoms with E-state index in [2.05, 4.69) is 4.98 Å². The van der Waals surface area contributed by atoms with E-state index in [1.54, 1.807) is 23.0 Å². The molecule has 8 nitrogen and oxygen atoms in total. The molecule has 0 aromatic carbocycles. The smallest absolute Gasteiger partial charge is 0.410 e. The third-order valence-corrected chi connectivity index (χ3v) is 5.77. The molecule has 3 saturated heterocycles. The maximum Gasteiger partial charge on any atom is 0.410 e. The molecule has 3 amide bonds. The Balaban J connectivity index is 1.33. The van der Waals surface area contributed by atoms with Gasteiger partial charge in [-0.15, -0.1) is 0 Å². The molecule has 1 aromatic heterocycles. The van der Waals surface area contributed by atoms with Crippen LogP contribution in [0.25, 0.3) is 0 Å². The number of likely N-dealkylation sites (N-methyl/N-ethyl adjacent to an activating group) is 1. The van der Waals surface area contributed by atoms with Crippen molar-refractivity contribution in [2.45, 2.75) is 31.4 Å². The van der Waals surface area contributed by atoms with Crippen molar-refractivity contribution < 1.29 is 19.1 Å². The Morgan fingerprint density at radius 3 is 2.70 bits per heavy atom. The van der Waals surface area contributed by atoms with Crippen LogP contribution in [0.3, 0.4) is 0 Å². The Morgan fingerprint density at radius 2 is 2.07 bits per heavy atom. The second-order valence-electron chi connectivity index (χ2n) is 7.73. The van der Waals surface area contributed by atoms with Crippen molar-refractivity contribution in [2.75, 3.05) is 33.2 Å². The van der Waals surface area contributed by atoms with Gasteiger partial charge in [-0.1, -0.05) is 6.07 Å². The number of aromatic nitrogens is 1. The summed E-state index contributed by atoms with van der Waals surface area (Å²) in [7, 11) is 1.73. The lowest BCUT2D eigenvalue weighted by Gasteiger charge is -2.38. The fourth-order valence-corrected chi connectivity index (χ4v) is 4.22. The predicted molar refractivity (Wildman–Crippen MR) is 95.4 cm³/mol. The number of ether oxygens (including phenoxy) is 1. The van der Waals surface area contributed by atoms with Crippen molar-refractivity contribution in [1.29, 1.82) is 0 Å². The van der Waals surface area contributed by atoms with Gasteiger partial charge in [-0.3, -0.25) is 14.6 Å². The summed E-state index contributed by atoms with van der Waals surface area (Å²) in [6.45, 7) is 2.58. The number of piperidine rings is 1. The van der Waals surface area contributed by atoms with Gasteiger partial charge in [0.15, 0.2) is 0 Å². The third-order valence-electron chi connectivity index (χ3n) is 5.77. The van der Waals surface area contributed by atoms with E-state index in [1.807, 2.05) is 23.1 Å². The van der Waals surface area contributed by atoms with E-state index in [-0.39, 0.29) is 30.2 Å². The van der Waals surface area contributed by atoms with Crippen molar-refractivity contribution in [2.24, 2.45) is 5.92 Å². The quantitative estimate of drug-likeness (QED) is 0.786. The molecule has 4 rings (SSSR count). The van der Waals surface area contributed by atoms with E-state index in [1.165, 1.54) is 0 Å². The summed E-state index contributed by atoms with van der Waals surface area (Å²) < 4.78 is 5.54. The van der Waals surface area contributed by atoms with E-state index >= 15 is 0 Å². The summed E-state index contributed by atoms with van der Waals surface area (Å²) in [6.07, 6.45) is 2.96. The average molecular weight is 372 g/mol. The van der Waals surface area contributed by atoms with Gasteiger partial charge < -0.3 is 19.4 Å². The number of hydrogen-bond donors (Lipinski definition) is 0. The van der Waals surface area contributed by atoms with E-state index in [9.17, 15) is 14.4 Å². The zero-order valence-corrected chi connectivity index (χ0v) is 15.5. The zero-order chi connectivity index (χ0) is 19.0. The molecule has 0 saturated carbocycles. The Labute approximate surface area is 158 Å². The molecular weight excluding hydrogens is 348 g/mol. The number of carbonyl (C=O) groups is 3. The van der Waals surface area contributed by atoms with Crippen LogP contribution in [0.5, 0.6) is 0 Å². The van der Waals surface area contributed by atoms with E-state index in [0.717, 1.165) is 5.69 Å². The molecule has 8 heteroatoms. The maximum atomic E-state index is 12.9. The summed E-state index contributed by atoms with van der Waals surface area (Å²) in [5, 5.41) is 0. The van der Waals surface area contributed by atoms with Crippen molar-refractivity contribution in [3.63, 3.8) is 0 Å². The average Bonchev–Trinajstić information content (AvgIpc) is 3.15. The minimum atomic E-state index is -0.459. The van der Waals surface area contributed by atoms with Gasteiger partial charge in [0.05, 0.1) is 24.7 Å². The highest BCUT2D eigenvalue weighted by Crippen LogP contribution is 2.33. The van der Waals surface area contributed by atoms with Crippen molar-refractivity contribution in [3.8, 4) is 0 Å². The standard InChI is InChI=1S/C19H24N4O4/c1-21-13-19(27-18(21)26)5-8-22(9-6-19)17(25)14-10-16(24)23(11-14)12-15-4-2-3-7-20-15/h2-4,7,14H,5-6,8-13H2,1H3/t14-/m0/s1. The van der Waals surface area contributed by atoms with E-state index < -0.39 is 5.60 Å². The van der Waals surface area contributed by atoms with Crippen LogP contribution < -0.4 is 0 Å². The highest BCUT2D eigenvalue weighted by atomic mass is 16.6. The molecule has 4 heterocycles. The molecule has 27 heavy (non-hydrogen) atoms. The minimum Gasteiger partial charge on any atom is -0.441 e. The fraction of sp³-hybridized carbons (Fsp3) is 0.579. The van der Waals surface area contributed by atoms with Gasteiger partial charge in [-0.2, -0.15) is 0 Å². The molecule has 0 aliphatic carbocycles. The summed E-state index contributed by atoms with van der Waals surface area (Å²) in [6, 6.07) is 5.61. The highest BCUT2D eigenvalue weighted by molar-refractivity contribution is 5.89. The normalized spacial score (nSPS) is 24.6. The molecular formula is C19H24N4O4. The predicted octanol–water partition coefficient (Wildman–Crippen LogP) is 0.873. The second-order valence-corrected chi connectivity index (χ2v) is 7.73. The lowest BCUT2D eigenvalue weighted by atomic mass is 9.90. The Kier molecular flexibility index (Phi) is 4.49. The zero-order valence-electron chi connectivity index (χ0n) is 15.5. The first-order chi connectivity index (χ1) is 13.0. The molecule has 3 fully saturated rings. The van der Waals surface area contributed by atoms with Gasteiger partial charge in [0, 0.05) is 52.1 Å². The van der Waals surface area contributed by atoms with Crippen LogP contribution in [-0.2, 0) is 20.9 Å². The second kappa shape index (κ2) is 6.83. The SMILES string of the molecule is CN1CC2(CCN(C(=O)[C@H]3CC(=O)N(Cc4ccccn4)C3)CC2)OC1=O. The number of amides is 3. The molecule has 3 aliphatic heterocycles. The first kappa shape index (κ1) is 17.8. The van der Waals surface area contributed by atoms with Gasteiger partial charge >= 0.3 is 6.09 Å². The molecule has 1 aromatic rings. The highest BCUT2D eigenvalue weighted by Gasteiger charge is 2.47. The monoisotopic (exact) mass is 372 g/mol. The summed E-state index contributed by atoms with van der Waals surface area (Å²) in [5.41, 5.74) is 0.366. The molecule has 0 bridgehead atoms. The maximum absolute atomic E-state index is 12.9. The number of nitrogens with zero attached hydrogens (tertiary/aromatic N) is 4. The van der Waals surface area contributed by atoms with Crippen LogP contribution in [0.2, 0.25) is 0 Å². The lowest BCUT2D eigenvalue weighted by Crippen LogP contribution is -2.50. The number of pyridine rings is 1. The molecule has 3 aliphatic rings. The van der Waals surface area contributed by atoms with Crippen LogP contribution in [0.15, 0.2) is 24.4 Å². The fourth-order valence-electron chi connectivity index (χ4n) is 4.22. The summed E-state index contributed by atoms with van der Waals surface area (Å²) in [5.74, 6) is -0.276. The van der Waals surface area contributed by atoms with Gasteiger partial charge in [0.25, 0.3) is 0 Å². The van der Waals surface area contributed by atoms with Crippen molar-refractivity contribution in [1.82, 2.24) is 19.7 Å². The largest absolute Gasteiger partial charge is 0.441 e. The first-order valence-corrected chi connectivity index (χ1v) is 9.36. The number of likely N-dealkylation sites (tertiary alicyclic amines) is 2. The molecule has 1 atom stereocenters. The summed E-state index contributed by atoms with van der Waals surface area (Å²) in [4.78, 5) is 46.2. The third kappa shape index (κ3) is 3.48. The lowest BCUT2D eigenvalue weighted by molar-refractivity contribution is -0.139. The van der Waals surface area contributed by atoms with Crippen LogP contribution in [-0.4, -0.2) is 76.4 Å². The summed E-state index contributed by atoms with van der Waals surface area (Å²) >= 11 is 0. The molecule has 0 radical (unpaired) electrons.